The summed E-state index contributed by atoms with van der Waals surface area (Å²) in [5, 5.41) is 0. The number of morpholine rings is 4. The van der Waals surface area contributed by atoms with E-state index in [-0.39, 0.29) is 50.6 Å². The van der Waals surface area contributed by atoms with E-state index in [2.05, 4.69) is 19.6 Å². The molecule has 6 aliphatic heterocycles. The highest BCUT2D eigenvalue weighted by atomic mass is 16.5. The van der Waals surface area contributed by atoms with Gasteiger partial charge in [0.15, 0.2) is 0 Å². The van der Waals surface area contributed by atoms with Gasteiger partial charge in [-0.25, -0.2) is 29.0 Å². The summed E-state index contributed by atoms with van der Waals surface area (Å²) in [4.78, 5) is 73.8. The maximum absolute atomic E-state index is 13.9. The number of carbonyl (C=O) groups is 4. The van der Waals surface area contributed by atoms with Gasteiger partial charge in [0.2, 0.25) is 0 Å². The summed E-state index contributed by atoms with van der Waals surface area (Å²) in [6.45, 7) is 12.6. The molecule has 0 bridgehead atoms. The van der Waals surface area contributed by atoms with Crippen molar-refractivity contribution in [2.24, 2.45) is 0 Å². The van der Waals surface area contributed by atoms with E-state index in [9.17, 15) is 19.2 Å². The van der Waals surface area contributed by atoms with Crippen molar-refractivity contribution in [3.63, 3.8) is 0 Å². The molecule has 0 atom stereocenters. The molecule has 0 aromatic heterocycles. The van der Waals surface area contributed by atoms with Crippen LogP contribution < -0.4 is 0 Å². The zero-order chi connectivity index (χ0) is 35.9. The molecule has 6 fully saturated rings. The fourth-order valence-electron chi connectivity index (χ4n) is 7.32. The topological polar surface area (TPSA) is 138 Å². The van der Waals surface area contributed by atoms with Gasteiger partial charge in [0.05, 0.1) is 92.6 Å². The first-order valence-corrected chi connectivity index (χ1v) is 18.4. The van der Waals surface area contributed by atoms with Gasteiger partial charge >= 0.3 is 24.1 Å². The molecule has 0 N–H and O–H groups in total. The molecule has 0 radical (unpaired) electrons. The third-order valence-electron chi connectivity index (χ3n) is 10.3. The van der Waals surface area contributed by atoms with Gasteiger partial charge in [-0.2, -0.15) is 0 Å². The van der Waals surface area contributed by atoms with Crippen molar-refractivity contribution in [1.29, 1.82) is 0 Å². The van der Waals surface area contributed by atoms with Crippen LogP contribution in [0.2, 0.25) is 0 Å². The third kappa shape index (κ3) is 9.11. The van der Waals surface area contributed by atoms with E-state index in [0.29, 0.717) is 132 Å². The highest BCUT2D eigenvalue weighted by molar-refractivity contribution is 5.96. The van der Waals surface area contributed by atoms with Crippen molar-refractivity contribution in [3.05, 3.63) is 35.4 Å². The van der Waals surface area contributed by atoms with Gasteiger partial charge in [0.25, 0.3) is 0 Å². The minimum absolute atomic E-state index is 0.0545. The standard InChI is InChI=1S/C34H52N10O8/c45-31-39(23-35-4-12-49-13-5-35)27-40(24-36-6-14-50-15-7-36)32(46)43(31)21-29-2-1-3-30(20-29)22-44-33(47)41(25-37-8-16-51-17-9-37)28-42(34(44)48)26-38-10-18-52-19-11-38/h1-3,20H,4-19,21-28H2. The summed E-state index contributed by atoms with van der Waals surface area (Å²) in [6, 6.07) is 6.06. The highest BCUT2D eigenvalue weighted by Crippen LogP contribution is 2.22. The lowest BCUT2D eigenvalue weighted by atomic mass is 10.1. The van der Waals surface area contributed by atoms with Crippen LogP contribution in [0.3, 0.4) is 0 Å². The Hall–Kier alpha value is -3.62. The molecule has 286 valence electrons. The SMILES string of the molecule is O=C1N(CN2CCOCC2)CN(CN2CCOCC2)C(=O)N1Cc1cccc(CN2C(=O)N(CN3CCOCC3)CN(CN3CCOCC3)C2=O)c1. The summed E-state index contributed by atoms with van der Waals surface area (Å²) in [5.74, 6) is 0. The number of nitrogens with zero attached hydrogens (tertiary/aromatic N) is 10. The van der Waals surface area contributed by atoms with E-state index in [0.717, 1.165) is 11.1 Å². The van der Waals surface area contributed by atoms with E-state index in [1.807, 2.05) is 24.3 Å². The van der Waals surface area contributed by atoms with Crippen LogP contribution in [-0.2, 0) is 32.0 Å². The van der Waals surface area contributed by atoms with Crippen molar-refractivity contribution in [1.82, 2.24) is 49.0 Å². The van der Waals surface area contributed by atoms with Crippen LogP contribution in [0.4, 0.5) is 19.2 Å². The lowest BCUT2D eigenvalue weighted by Gasteiger charge is -2.45. The van der Waals surface area contributed by atoms with Gasteiger partial charge in [-0.3, -0.25) is 39.2 Å². The van der Waals surface area contributed by atoms with Crippen molar-refractivity contribution < 1.29 is 38.1 Å². The molecule has 8 amide bonds. The van der Waals surface area contributed by atoms with E-state index >= 15 is 0 Å². The number of hydrogen-bond acceptors (Lipinski definition) is 12. The van der Waals surface area contributed by atoms with Crippen molar-refractivity contribution in [3.8, 4) is 0 Å². The predicted molar refractivity (Wildman–Crippen MR) is 185 cm³/mol. The number of benzene rings is 1. The lowest BCUT2D eigenvalue weighted by Crippen LogP contribution is -2.64. The Morgan fingerprint density at radius 3 is 0.962 bits per heavy atom. The Morgan fingerprint density at radius 1 is 0.423 bits per heavy atom. The summed E-state index contributed by atoms with van der Waals surface area (Å²) >= 11 is 0. The molecule has 7 rings (SSSR count). The van der Waals surface area contributed by atoms with E-state index in [4.69, 9.17) is 18.9 Å². The van der Waals surface area contributed by atoms with Crippen molar-refractivity contribution >= 4 is 24.1 Å². The van der Waals surface area contributed by atoms with Crippen LogP contribution in [0.25, 0.3) is 0 Å². The summed E-state index contributed by atoms with van der Waals surface area (Å²) in [7, 11) is 0. The number of hydrogen-bond donors (Lipinski definition) is 0. The average Bonchev–Trinajstić information content (AvgIpc) is 3.17. The minimum Gasteiger partial charge on any atom is -0.379 e. The number of ether oxygens (including phenoxy) is 4. The maximum atomic E-state index is 13.9. The van der Waals surface area contributed by atoms with Gasteiger partial charge in [0.1, 0.15) is 13.3 Å². The molecule has 6 heterocycles. The van der Waals surface area contributed by atoms with Gasteiger partial charge in [0, 0.05) is 52.4 Å². The first kappa shape index (κ1) is 36.7. The van der Waals surface area contributed by atoms with Gasteiger partial charge in [-0.05, 0) is 11.1 Å². The van der Waals surface area contributed by atoms with Crippen LogP contribution in [0.15, 0.2) is 24.3 Å². The van der Waals surface area contributed by atoms with Gasteiger partial charge in [-0.15, -0.1) is 0 Å². The van der Waals surface area contributed by atoms with Crippen LogP contribution in [0, 0.1) is 0 Å². The number of rotatable bonds is 12. The molecule has 18 nitrogen and oxygen atoms in total. The summed E-state index contributed by atoms with van der Waals surface area (Å²) < 4.78 is 22.0. The second-order valence-corrected chi connectivity index (χ2v) is 14.1. The monoisotopic (exact) mass is 728 g/mol. The molecule has 0 spiro atoms. The molecule has 0 saturated carbocycles. The van der Waals surface area contributed by atoms with Crippen LogP contribution in [0.5, 0.6) is 0 Å². The molecule has 1 aromatic rings. The zero-order valence-electron chi connectivity index (χ0n) is 30.0. The first-order valence-electron chi connectivity index (χ1n) is 18.4. The molecule has 6 saturated heterocycles. The quantitative estimate of drug-likeness (QED) is 0.288. The third-order valence-corrected chi connectivity index (χ3v) is 10.3. The first-order chi connectivity index (χ1) is 25.4. The Bertz CT molecular complexity index is 1220. The average molecular weight is 729 g/mol. The molecular weight excluding hydrogens is 676 g/mol. The normalized spacial score (nSPS) is 24.1. The van der Waals surface area contributed by atoms with Crippen molar-refractivity contribution in [2.75, 3.05) is 145 Å². The fraction of sp³-hybridized carbons (Fsp3) is 0.706. The molecule has 0 unspecified atom stereocenters. The number of urea groups is 4. The Balaban J connectivity index is 1.07. The fourth-order valence-corrected chi connectivity index (χ4v) is 7.32. The Kier molecular flexibility index (Phi) is 12.3. The Morgan fingerprint density at radius 2 is 0.692 bits per heavy atom. The van der Waals surface area contributed by atoms with E-state index in [1.165, 1.54) is 9.80 Å². The van der Waals surface area contributed by atoms with Gasteiger partial charge in [-0.1, -0.05) is 24.3 Å². The van der Waals surface area contributed by atoms with Crippen molar-refractivity contribution in [2.45, 2.75) is 13.1 Å². The molecular formula is C34H52N10O8. The zero-order valence-corrected chi connectivity index (χ0v) is 30.0. The minimum atomic E-state index is -0.348. The molecule has 52 heavy (non-hydrogen) atoms. The van der Waals surface area contributed by atoms with Crippen LogP contribution >= 0.6 is 0 Å². The Labute approximate surface area is 304 Å². The smallest absolute Gasteiger partial charge is 0.330 e. The molecule has 6 aliphatic rings. The lowest BCUT2D eigenvalue weighted by molar-refractivity contribution is -0.0221. The highest BCUT2D eigenvalue weighted by Gasteiger charge is 2.40. The van der Waals surface area contributed by atoms with E-state index in [1.54, 1.807) is 19.6 Å². The molecule has 18 heteroatoms. The predicted octanol–water partition coefficient (Wildman–Crippen LogP) is 0.0796. The van der Waals surface area contributed by atoms with Crippen LogP contribution in [0.1, 0.15) is 11.1 Å². The van der Waals surface area contributed by atoms with E-state index < -0.39 is 0 Å². The molecule has 1 aromatic carbocycles. The number of imide groups is 2. The summed E-state index contributed by atoms with van der Waals surface area (Å²) in [6.07, 6.45) is 0. The van der Waals surface area contributed by atoms with Crippen LogP contribution in [-0.4, -0.2) is 218 Å². The number of amides is 8. The van der Waals surface area contributed by atoms with Gasteiger partial charge < -0.3 is 18.9 Å². The molecule has 0 aliphatic carbocycles. The maximum Gasteiger partial charge on any atom is 0.330 e. The largest absolute Gasteiger partial charge is 0.379 e. The summed E-state index contributed by atoms with van der Waals surface area (Å²) in [5.41, 5.74) is 1.46. The number of carbonyl (C=O) groups excluding carboxylic acids is 4. The second kappa shape index (κ2) is 17.5. The second-order valence-electron chi connectivity index (χ2n) is 14.1.